The molecule has 0 radical (unpaired) electrons. The zero-order chi connectivity index (χ0) is 12.1. The maximum absolute atomic E-state index is 11.0. The van der Waals surface area contributed by atoms with E-state index >= 15 is 0 Å². The number of allylic oxidation sites excluding steroid dienone is 1. The van der Waals surface area contributed by atoms with Crippen molar-refractivity contribution in [3.05, 3.63) is 47.5 Å². The van der Waals surface area contributed by atoms with Crippen LogP contribution in [0.3, 0.4) is 0 Å². The van der Waals surface area contributed by atoms with Gasteiger partial charge in [-0.05, 0) is 43.2 Å². The van der Waals surface area contributed by atoms with Gasteiger partial charge in [-0.1, -0.05) is 49.8 Å². The average molecular weight is 230 g/mol. The fourth-order valence-electron chi connectivity index (χ4n) is 2.72. The number of aliphatic hydroxyl groups is 1. The molecule has 0 aliphatic heterocycles. The second kappa shape index (κ2) is 5.50. The molecule has 1 aliphatic carbocycles. The van der Waals surface area contributed by atoms with Crippen molar-refractivity contribution >= 4 is 0 Å². The first-order valence-corrected chi connectivity index (χ1v) is 6.75. The lowest BCUT2D eigenvalue weighted by Crippen LogP contribution is -2.27. The van der Waals surface area contributed by atoms with Crippen LogP contribution in [0.5, 0.6) is 0 Å². The lowest BCUT2D eigenvalue weighted by Gasteiger charge is -2.30. The van der Waals surface area contributed by atoms with Crippen molar-refractivity contribution in [3.63, 3.8) is 0 Å². The number of hydrogen-bond donors (Lipinski definition) is 1. The summed E-state index contributed by atoms with van der Waals surface area (Å²) >= 11 is 0. The fourth-order valence-corrected chi connectivity index (χ4v) is 2.72. The van der Waals surface area contributed by atoms with Gasteiger partial charge >= 0.3 is 0 Å². The molecule has 1 aromatic carbocycles. The standard InChI is InChI=1S/C16H22O/c1-2-16(17,15-12-8-5-9-13-15)14-10-6-3-4-7-11-14/h5,8-10,12-13,17H,2-4,6-7,11H2,1H3. The SMILES string of the molecule is CCC(O)(C1=CCCCCC1)c1ccccc1. The van der Waals surface area contributed by atoms with Crippen LogP contribution in [0.1, 0.15) is 51.0 Å². The van der Waals surface area contributed by atoms with Crippen LogP contribution in [0.2, 0.25) is 0 Å². The Morgan fingerprint density at radius 2 is 1.88 bits per heavy atom. The highest BCUT2D eigenvalue weighted by Crippen LogP contribution is 2.37. The van der Waals surface area contributed by atoms with Crippen molar-refractivity contribution in [1.29, 1.82) is 0 Å². The molecule has 0 spiro atoms. The largest absolute Gasteiger partial charge is 0.381 e. The molecule has 1 atom stereocenters. The van der Waals surface area contributed by atoms with Gasteiger partial charge in [-0.15, -0.1) is 0 Å². The summed E-state index contributed by atoms with van der Waals surface area (Å²) in [5.41, 5.74) is 1.52. The van der Waals surface area contributed by atoms with E-state index < -0.39 is 5.60 Å². The zero-order valence-electron chi connectivity index (χ0n) is 10.7. The summed E-state index contributed by atoms with van der Waals surface area (Å²) in [6.45, 7) is 2.07. The maximum Gasteiger partial charge on any atom is 0.110 e. The van der Waals surface area contributed by atoms with Crippen LogP contribution >= 0.6 is 0 Å². The Morgan fingerprint density at radius 3 is 2.59 bits per heavy atom. The summed E-state index contributed by atoms with van der Waals surface area (Å²) < 4.78 is 0. The highest BCUT2D eigenvalue weighted by atomic mass is 16.3. The van der Waals surface area contributed by atoms with Crippen molar-refractivity contribution in [2.75, 3.05) is 0 Å². The summed E-state index contributed by atoms with van der Waals surface area (Å²) in [6, 6.07) is 10.1. The molecule has 1 nitrogen and oxygen atoms in total. The van der Waals surface area contributed by atoms with Gasteiger partial charge in [-0.3, -0.25) is 0 Å². The van der Waals surface area contributed by atoms with Crippen LogP contribution < -0.4 is 0 Å². The molecule has 1 aromatic rings. The van der Waals surface area contributed by atoms with E-state index in [1.165, 1.54) is 24.8 Å². The Morgan fingerprint density at radius 1 is 1.12 bits per heavy atom. The fraction of sp³-hybridized carbons (Fsp3) is 0.500. The van der Waals surface area contributed by atoms with E-state index in [0.717, 1.165) is 24.8 Å². The summed E-state index contributed by atoms with van der Waals surface area (Å²) in [6.07, 6.45) is 8.93. The van der Waals surface area contributed by atoms with Crippen LogP contribution in [0.15, 0.2) is 42.0 Å². The third-order valence-electron chi connectivity index (χ3n) is 3.84. The van der Waals surface area contributed by atoms with Gasteiger partial charge in [-0.25, -0.2) is 0 Å². The lowest BCUT2D eigenvalue weighted by molar-refractivity contribution is 0.0679. The second-order valence-corrected chi connectivity index (χ2v) is 4.91. The van der Waals surface area contributed by atoms with Crippen LogP contribution in [0.4, 0.5) is 0 Å². The van der Waals surface area contributed by atoms with Crippen molar-refractivity contribution < 1.29 is 5.11 Å². The minimum absolute atomic E-state index is 0.744. The minimum Gasteiger partial charge on any atom is -0.381 e. The van der Waals surface area contributed by atoms with Gasteiger partial charge < -0.3 is 5.11 Å². The first-order chi connectivity index (χ1) is 8.27. The monoisotopic (exact) mass is 230 g/mol. The Kier molecular flexibility index (Phi) is 4.01. The first kappa shape index (κ1) is 12.4. The molecule has 17 heavy (non-hydrogen) atoms. The van der Waals surface area contributed by atoms with Gasteiger partial charge in [0.05, 0.1) is 0 Å². The van der Waals surface area contributed by atoms with Gasteiger partial charge in [0.15, 0.2) is 0 Å². The van der Waals surface area contributed by atoms with Crippen molar-refractivity contribution in [2.45, 2.75) is 51.0 Å². The Hall–Kier alpha value is -1.08. The van der Waals surface area contributed by atoms with Gasteiger partial charge in [0.2, 0.25) is 0 Å². The highest BCUT2D eigenvalue weighted by molar-refractivity contribution is 5.33. The number of benzene rings is 1. The van der Waals surface area contributed by atoms with Gasteiger partial charge in [0.1, 0.15) is 5.60 Å². The summed E-state index contributed by atoms with van der Waals surface area (Å²) in [4.78, 5) is 0. The predicted octanol–water partition coefficient (Wildman–Crippen LogP) is 4.17. The minimum atomic E-state index is -0.744. The quantitative estimate of drug-likeness (QED) is 0.772. The van der Waals surface area contributed by atoms with E-state index in [-0.39, 0.29) is 0 Å². The second-order valence-electron chi connectivity index (χ2n) is 4.91. The Labute approximate surface area is 104 Å². The molecule has 0 heterocycles. The summed E-state index contributed by atoms with van der Waals surface area (Å²) in [5.74, 6) is 0. The van der Waals surface area contributed by atoms with E-state index in [4.69, 9.17) is 0 Å². The molecule has 0 aromatic heterocycles. The van der Waals surface area contributed by atoms with Crippen LogP contribution in [-0.4, -0.2) is 5.11 Å². The molecule has 0 saturated carbocycles. The molecular weight excluding hydrogens is 208 g/mol. The smallest absolute Gasteiger partial charge is 0.110 e. The first-order valence-electron chi connectivity index (χ1n) is 6.75. The normalized spacial score (nSPS) is 20.2. The van der Waals surface area contributed by atoms with E-state index in [1.807, 2.05) is 30.3 Å². The highest BCUT2D eigenvalue weighted by Gasteiger charge is 2.31. The van der Waals surface area contributed by atoms with Crippen molar-refractivity contribution in [2.24, 2.45) is 0 Å². The third kappa shape index (κ3) is 2.61. The molecule has 0 fully saturated rings. The van der Waals surface area contributed by atoms with Crippen molar-refractivity contribution in [3.8, 4) is 0 Å². The van der Waals surface area contributed by atoms with Crippen LogP contribution in [-0.2, 0) is 5.60 Å². The zero-order valence-corrected chi connectivity index (χ0v) is 10.7. The molecular formula is C16H22O. The lowest BCUT2D eigenvalue weighted by atomic mass is 9.81. The van der Waals surface area contributed by atoms with E-state index in [2.05, 4.69) is 13.0 Å². The topological polar surface area (TPSA) is 20.2 Å². The molecule has 1 heteroatoms. The molecule has 92 valence electrons. The molecule has 0 saturated heterocycles. The Bertz CT molecular complexity index is 380. The molecule has 0 amide bonds. The van der Waals surface area contributed by atoms with E-state index in [9.17, 15) is 5.11 Å². The molecule has 1 unspecified atom stereocenters. The van der Waals surface area contributed by atoms with Crippen molar-refractivity contribution in [1.82, 2.24) is 0 Å². The summed E-state index contributed by atoms with van der Waals surface area (Å²) in [7, 11) is 0. The average Bonchev–Trinajstić information content (AvgIpc) is 2.68. The maximum atomic E-state index is 11.0. The summed E-state index contributed by atoms with van der Waals surface area (Å²) in [5, 5.41) is 11.0. The number of rotatable bonds is 3. The van der Waals surface area contributed by atoms with Crippen LogP contribution in [0.25, 0.3) is 0 Å². The van der Waals surface area contributed by atoms with Gasteiger partial charge in [-0.2, -0.15) is 0 Å². The van der Waals surface area contributed by atoms with E-state index in [1.54, 1.807) is 0 Å². The molecule has 1 N–H and O–H groups in total. The molecule has 1 aliphatic rings. The molecule has 0 bridgehead atoms. The predicted molar refractivity (Wildman–Crippen MR) is 71.8 cm³/mol. The van der Waals surface area contributed by atoms with Gasteiger partial charge in [0.25, 0.3) is 0 Å². The third-order valence-corrected chi connectivity index (χ3v) is 3.84. The Balaban J connectivity index is 2.33. The van der Waals surface area contributed by atoms with E-state index in [0.29, 0.717) is 0 Å². The van der Waals surface area contributed by atoms with Gasteiger partial charge in [0, 0.05) is 0 Å². The molecule has 2 rings (SSSR count). The number of hydrogen-bond acceptors (Lipinski definition) is 1. The van der Waals surface area contributed by atoms with Crippen LogP contribution in [0, 0.1) is 0 Å².